The Kier molecular flexibility index (Phi) is 4.10. The molecule has 0 aliphatic rings. The number of nitrogens with one attached hydrogen (secondary N) is 2. The third-order valence-electron chi connectivity index (χ3n) is 3.54. The molecule has 3 rings (SSSR count). The Morgan fingerprint density at radius 3 is 2.73 bits per heavy atom. The first kappa shape index (κ1) is 14.2. The summed E-state index contributed by atoms with van der Waals surface area (Å²) in [7, 11) is 0. The van der Waals surface area contributed by atoms with Crippen LogP contribution in [0.5, 0.6) is 5.75 Å². The summed E-state index contributed by atoms with van der Waals surface area (Å²) in [5, 5.41) is 4.00. The molecule has 0 saturated heterocycles. The van der Waals surface area contributed by atoms with Gasteiger partial charge in [-0.05, 0) is 30.7 Å². The molecule has 0 bridgehead atoms. The zero-order chi connectivity index (χ0) is 15.4. The second-order valence-electron chi connectivity index (χ2n) is 5.24. The van der Waals surface area contributed by atoms with Gasteiger partial charge < -0.3 is 15.0 Å². The van der Waals surface area contributed by atoms with E-state index in [4.69, 9.17) is 4.74 Å². The number of aromatic nitrogens is 1. The first-order valence-corrected chi connectivity index (χ1v) is 7.23. The predicted molar refractivity (Wildman–Crippen MR) is 86.8 cm³/mol. The van der Waals surface area contributed by atoms with Crippen LogP contribution >= 0.6 is 0 Å². The van der Waals surface area contributed by atoms with Gasteiger partial charge in [-0.15, -0.1) is 0 Å². The fourth-order valence-corrected chi connectivity index (χ4v) is 2.31. The van der Waals surface area contributed by atoms with Gasteiger partial charge in [-0.2, -0.15) is 0 Å². The first-order chi connectivity index (χ1) is 10.7. The van der Waals surface area contributed by atoms with E-state index in [0.717, 1.165) is 22.0 Å². The minimum atomic E-state index is -0.133. The number of aromatic amines is 1. The van der Waals surface area contributed by atoms with Gasteiger partial charge in [-0.25, -0.2) is 0 Å². The van der Waals surface area contributed by atoms with Gasteiger partial charge in [0.2, 0.25) is 0 Å². The zero-order valence-electron chi connectivity index (χ0n) is 12.4. The van der Waals surface area contributed by atoms with Crippen molar-refractivity contribution in [3.63, 3.8) is 0 Å². The monoisotopic (exact) mass is 294 g/mol. The van der Waals surface area contributed by atoms with Crippen LogP contribution in [0.25, 0.3) is 10.9 Å². The van der Waals surface area contributed by atoms with Crippen molar-refractivity contribution < 1.29 is 9.53 Å². The van der Waals surface area contributed by atoms with E-state index in [2.05, 4.69) is 10.3 Å². The Labute approximate surface area is 129 Å². The van der Waals surface area contributed by atoms with Crippen molar-refractivity contribution >= 4 is 16.8 Å². The van der Waals surface area contributed by atoms with Crippen LogP contribution in [0.1, 0.15) is 11.1 Å². The van der Waals surface area contributed by atoms with E-state index < -0.39 is 0 Å². The van der Waals surface area contributed by atoms with Crippen LogP contribution in [0.2, 0.25) is 0 Å². The highest BCUT2D eigenvalue weighted by Gasteiger charge is 2.06. The highest BCUT2D eigenvalue weighted by atomic mass is 16.5. The van der Waals surface area contributed by atoms with Crippen molar-refractivity contribution in [1.82, 2.24) is 10.3 Å². The lowest BCUT2D eigenvalue weighted by Crippen LogP contribution is -2.28. The number of carbonyl (C=O) groups excluding carboxylic acids is 1. The molecular formula is C18H18N2O2. The number of benzene rings is 2. The van der Waals surface area contributed by atoms with Gasteiger partial charge in [0.1, 0.15) is 5.75 Å². The Morgan fingerprint density at radius 2 is 1.91 bits per heavy atom. The summed E-state index contributed by atoms with van der Waals surface area (Å²) in [6, 6.07) is 15.7. The molecule has 0 atom stereocenters. The molecule has 1 heterocycles. The number of ether oxygens (including phenoxy) is 1. The average Bonchev–Trinajstić information content (AvgIpc) is 2.96. The van der Waals surface area contributed by atoms with Crippen molar-refractivity contribution in [2.75, 3.05) is 6.61 Å². The molecule has 2 N–H and O–H groups in total. The molecule has 0 unspecified atom stereocenters. The first-order valence-electron chi connectivity index (χ1n) is 7.23. The standard InChI is InChI=1S/C18H18N2O2/c1-13-6-8-15(9-7-13)22-12-18(21)20-11-14-10-19-17-5-3-2-4-16(14)17/h2-10,19H,11-12H2,1H3,(H,20,21). The third-order valence-corrected chi connectivity index (χ3v) is 3.54. The molecule has 22 heavy (non-hydrogen) atoms. The van der Waals surface area contributed by atoms with E-state index in [1.54, 1.807) is 0 Å². The molecule has 3 aromatic rings. The molecule has 112 valence electrons. The lowest BCUT2D eigenvalue weighted by molar-refractivity contribution is -0.123. The third kappa shape index (κ3) is 3.28. The molecule has 0 radical (unpaired) electrons. The maximum atomic E-state index is 11.9. The Balaban J connectivity index is 1.53. The second-order valence-corrected chi connectivity index (χ2v) is 5.24. The van der Waals surface area contributed by atoms with Gasteiger partial charge in [-0.3, -0.25) is 4.79 Å². The molecule has 1 amide bonds. The molecule has 0 saturated carbocycles. The van der Waals surface area contributed by atoms with E-state index in [9.17, 15) is 4.79 Å². The van der Waals surface area contributed by atoms with Crippen molar-refractivity contribution in [1.29, 1.82) is 0 Å². The average molecular weight is 294 g/mol. The summed E-state index contributed by atoms with van der Waals surface area (Å²) in [5.74, 6) is 0.568. The summed E-state index contributed by atoms with van der Waals surface area (Å²) in [4.78, 5) is 15.1. The number of hydrogen-bond donors (Lipinski definition) is 2. The second kappa shape index (κ2) is 6.35. The molecule has 2 aromatic carbocycles. The number of H-pyrrole nitrogens is 1. The van der Waals surface area contributed by atoms with Crippen molar-refractivity contribution in [3.05, 3.63) is 65.9 Å². The van der Waals surface area contributed by atoms with Gasteiger partial charge in [0.25, 0.3) is 5.91 Å². The highest BCUT2D eigenvalue weighted by Crippen LogP contribution is 2.17. The fourth-order valence-electron chi connectivity index (χ4n) is 2.31. The van der Waals surface area contributed by atoms with Crippen LogP contribution in [0.4, 0.5) is 0 Å². The molecule has 0 aliphatic carbocycles. The maximum Gasteiger partial charge on any atom is 0.258 e. The number of hydrogen-bond acceptors (Lipinski definition) is 2. The van der Waals surface area contributed by atoms with E-state index in [-0.39, 0.29) is 12.5 Å². The number of para-hydroxylation sites is 1. The normalized spacial score (nSPS) is 10.6. The number of fused-ring (bicyclic) bond motifs is 1. The summed E-state index contributed by atoms with van der Waals surface area (Å²) in [6.45, 7) is 2.52. The van der Waals surface area contributed by atoms with Crippen LogP contribution in [-0.4, -0.2) is 17.5 Å². The van der Waals surface area contributed by atoms with Gasteiger partial charge in [-0.1, -0.05) is 35.9 Å². The van der Waals surface area contributed by atoms with E-state index in [1.807, 2.05) is 61.7 Å². The molecular weight excluding hydrogens is 276 g/mol. The Morgan fingerprint density at radius 1 is 1.14 bits per heavy atom. The van der Waals surface area contributed by atoms with E-state index >= 15 is 0 Å². The Bertz CT molecular complexity index is 775. The number of aryl methyl sites for hydroxylation is 1. The molecule has 4 heteroatoms. The number of carbonyl (C=O) groups is 1. The summed E-state index contributed by atoms with van der Waals surface area (Å²) < 4.78 is 5.46. The van der Waals surface area contributed by atoms with Crippen molar-refractivity contribution in [2.45, 2.75) is 13.5 Å². The van der Waals surface area contributed by atoms with Gasteiger partial charge in [0.05, 0.1) is 0 Å². The summed E-state index contributed by atoms with van der Waals surface area (Å²) in [5.41, 5.74) is 3.30. The quantitative estimate of drug-likeness (QED) is 0.759. The fraction of sp³-hybridized carbons (Fsp3) is 0.167. The van der Waals surface area contributed by atoms with E-state index in [1.165, 1.54) is 0 Å². The number of rotatable bonds is 5. The predicted octanol–water partition coefficient (Wildman–Crippen LogP) is 3.17. The zero-order valence-corrected chi connectivity index (χ0v) is 12.4. The summed E-state index contributed by atoms with van der Waals surface area (Å²) >= 11 is 0. The van der Waals surface area contributed by atoms with Crippen LogP contribution in [0.15, 0.2) is 54.7 Å². The SMILES string of the molecule is Cc1ccc(OCC(=O)NCc2c[nH]c3ccccc23)cc1. The molecule has 0 spiro atoms. The van der Waals surface area contributed by atoms with Crippen LogP contribution in [0.3, 0.4) is 0 Å². The minimum absolute atomic E-state index is 0.0193. The van der Waals surface area contributed by atoms with Crippen molar-refractivity contribution in [3.8, 4) is 5.75 Å². The lowest BCUT2D eigenvalue weighted by Gasteiger charge is -2.07. The van der Waals surface area contributed by atoms with Crippen LogP contribution in [0, 0.1) is 6.92 Å². The van der Waals surface area contributed by atoms with E-state index in [0.29, 0.717) is 12.3 Å². The largest absolute Gasteiger partial charge is 0.484 e. The smallest absolute Gasteiger partial charge is 0.258 e. The maximum absolute atomic E-state index is 11.9. The Hall–Kier alpha value is -2.75. The van der Waals surface area contributed by atoms with Gasteiger partial charge in [0.15, 0.2) is 6.61 Å². The van der Waals surface area contributed by atoms with Gasteiger partial charge >= 0.3 is 0 Å². The van der Waals surface area contributed by atoms with Crippen LogP contribution < -0.4 is 10.1 Å². The number of amides is 1. The minimum Gasteiger partial charge on any atom is -0.484 e. The molecule has 4 nitrogen and oxygen atoms in total. The summed E-state index contributed by atoms with van der Waals surface area (Å²) in [6.07, 6.45) is 1.92. The van der Waals surface area contributed by atoms with Crippen molar-refractivity contribution in [2.24, 2.45) is 0 Å². The molecule has 0 fully saturated rings. The topological polar surface area (TPSA) is 54.1 Å². The lowest BCUT2D eigenvalue weighted by atomic mass is 10.2. The van der Waals surface area contributed by atoms with Crippen LogP contribution in [-0.2, 0) is 11.3 Å². The molecule has 0 aliphatic heterocycles. The molecule has 1 aromatic heterocycles. The van der Waals surface area contributed by atoms with Gasteiger partial charge in [0, 0.05) is 23.6 Å². The highest BCUT2D eigenvalue weighted by molar-refractivity contribution is 5.84.